The molecule has 16 heavy (non-hydrogen) atoms. The molecule has 2 heterocycles. The monoisotopic (exact) mass is 281 g/mol. The molecular formula is C10H12BrN5. The van der Waals surface area contributed by atoms with Crippen LogP contribution in [0.1, 0.15) is 12.7 Å². The van der Waals surface area contributed by atoms with Crippen LogP contribution in [0.5, 0.6) is 0 Å². The van der Waals surface area contributed by atoms with Crippen LogP contribution < -0.4 is 5.32 Å². The number of nitrogens with one attached hydrogen (secondary N) is 1. The summed E-state index contributed by atoms with van der Waals surface area (Å²) in [5.74, 6) is 0.922. The zero-order chi connectivity index (χ0) is 11.4. The lowest BCUT2D eigenvalue weighted by molar-refractivity contribution is 0.708. The second-order valence-electron chi connectivity index (χ2n) is 3.24. The fourth-order valence-corrected chi connectivity index (χ4v) is 1.76. The molecule has 0 spiro atoms. The molecule has 0 unspecified atom stereocenters. The molecule has 0 saturated heterocycles. The number of nitrogens with zero attached hydrogens (tertiary/aromatic N) is 4. The molecule has 0 aromatic carbocycles. The average molecular weight is 282 g/mol. The van der Waals surface area contributed by atoms with Gasteiger partial charge in [-0.2, -0.15) is 0 Å². The van der Waals surface area contributed by atoms with Gasteiger partial charge in [0.25, 0.3) is 0 Å². The van der Waals surface area contributed by atoms with Crippen molar-refractivity contribution in [3.8, 4) is 0 Å². The first-order chi connectivity index (χ1) is 7.81. The molecule has 2 rings (SSSR count). The lowest BCUT2D eigenvalue weighted by Crippen LogP contribution is -2.07. The van der Waals surface area contributed by atoms with E-state index in [0.29, 0.717) is 6.54 Å². The Labute approximate surface area is 102 Å². The van der Waals surface area contributed by atoms with Gasteiger partial charge in [-0.1, -0.05) is 0 Å². The molecule has 2 aromatic heterocycles. The predicted octanol–water partition coefficient (Wildman–Crippen LogP) is 2.07. The molecule has 84 valence electrons. The van der Waals surface area contributed by atoms with Crippen LogP contribution in [0.3, 0.4) is 0 Å². The highest BCUT2D eigenvalue weighted by Gasteiger charge is 2.03. The third kappa shape index (κ3) is 2.38. The van der Waals surface area contributed by atoms with E-state index in [9.17, 15) is 0 Å². The van der Waals surface area contributed by atoms with Crippen molar-refractivity contribution in [2.45, 2.75) is 20.0 Å². The van der Waals surface area contributed by atoms with Crippen LogP contribution >= 0.6 is 15.9 Å². The number of hydrogen-bond donors (Lipinski definition) is 1. The van der Waals surface area contributed by atoms with E-state index in [4.69, 9.17) is 0 Å². The van der Waals surface area contributed by atoms with Crippen LogP contribution in [0.15, 0.2) is 29.3 Å². The van der Waals surface area contributed by atoms with Crippen molar-refractivity contribution in [2.75, 3.05) is 5.32 Å². The van der Waals surface area contributed by atoms with E-state index in [1.165, 1.54) is 0 Å². The molecule has 2 aromatic rings. The second-order valence-corrected chi connectivity index (χ2v) is 4.10. The van der Waals surface area contributed by atoms with Gasteiger partial charge >= 0.3 is 0 Å². The number of hydrogen-bond acceptors (Lipinski definition) is 4. The number of aryl methyl sites for hydroxylation is 1. The molecule has 1 N–H and O–H groups in total. The van der Waals surface area contributed by atoms with Crippen molar-refractivity contribution in [1.29, 1.82) is 0 Å². The van der Waals surface area contributed by atoms with Crippen molar-refractivity contribution in [3.63, 3.8) is 0 Å². The maximum absolute atomic E-state index is 4.05. The first kappa shape index (κ1) is 11.1. The van der Waals surface area contributed by atoms with Crippen LogP contribution in [-0.2, 0) is 13.1 Å². The Morgan fingerprint density at radius 1 is 1.50 bits per heavy atom. The highest BCUT2D eigenvalue weighted by molar-refractivity contribution is 9.10. The maximum atomic E-state index is 4.05. The van der Waals surface area contributed by atoms with E-state index < -0.39 is 0 Å². The number of pyridine rings is 1. The van der Waals surface area contributed by atoms with Gasteiger partial charge in [0.1, 0.15) is 6.33 Å². The van der Waals surface area contributed by atoms with Gasteiger partial charge in [0.15, 0.2) is 5.82 Å². The summed E-state index contributed by atoms with van der Waals surface area (Å²) < 4.78 is 2.94. The Kier molecular flexibility index (Phi) is 3.51. The normalized spacial score (nSPS) is 10.4. The third-order valence-electron chi connectivity index (χ3n) is 2.25. The number of halogens is 1. The standard InChI is InChI=1S/C10H12BrN5/c1-2-16-7-14-15-10(16)6-13-9-3-4-12-5-8(9)11/h3-5,7H,2,6H2,1H3,(H,12,13). The van der Waals surface area contributed by atoms with E-state index in [2.05, 4.69) is 43.4 Å². The minimum absolute atomic E-state index is 0.649. The van der Waals surface area contributed by atoms with E-state index in [1.54, 1.807) is 18.7 Å². The summed E-state index contributed by atoms with van der Waals surface area (Å²) in [6, 6.07) is 1.91. The zero-order valence-electron chi connectivity index (χ0n) is 8.89. The molecule has 0 radical (unpaired) electrons. The number of anilines is 1. The van der Waals surface area contributed by atoms with Crippen molar-refractivity contribution >= 4 is 21.6 Å². The van der Waals surface area contributed by atoms with Gasteiger partial charge in [0.2, 0.25) is 0 Å². The molecule has 0 aliphatic heterocycles. The fraction of sp³-hybridized carbons (Fsp3) is 0.300. The molecule has 5 nitrogen and oxygen atoms in total. The molecule has 0 fully saturated rings. The lowest BCUT2D eigenvalue weighted by atomic mass is 10.4. The summed E-state index contributed by atoms with van der Waals surface area (Å²) in [5, 5.41) is 11.2. The molecule has 0 amide bonds. The fourth-order valence-electron chi connectivity index (χ4n) is 1.37. The summed E-state index contributed by atoms with van der Waals surface area (Å²) in [6.07, 6.45) is 5.24. The van der Waals surface area contributed by atoms with Gasteiger partial charge in [-0.3, -0.25) is 4.98 Å². The first-order valence-corrected chi connectivity index (χ1v) is 5.80. The van der Waals surface area contributed by atoms with E-state index in [0.717, 1.165) is 22.5 Å². The summed E-state index contributed by atoms with van der Waals surface area (Å²) >= 11 is 3.43. The maximum Gasteiger partial charge on any atom is 0.152 e. The molecule has 0 atom stereocenters. The van der Waals surface area contributed by atoms with Crippen LogP contribution in [0.2, 0.25) is 0 Å². The number of aromatic nitrogens is 4. The van der Waals surface area contributed by atoms with Gasteiger partial charge in [-0.25, -0.2) is 0 Å². The van der Waals surface area contributed by atoms with E-state index in [1.807, 2.05) is 10.6 Å². The Bertz CT molecular complexity index is 468. The molecule has 0 aliphatic rings. The minimum atomic E-state index is 0.649. The smallest absolute Gasteiger partial charge is 0.152 e. The largest absolute Gasteiger partial charge is 0.377 e. The predicted molar refractivity (Wildman–Crippen MR) is 65.0 cm³/mol. The molecule has 0 saturated carbocycles. The molecular weight excluding hydrogens is 270 g/mol. The third-order valence-corrected chi connectivity index (χ3v) is 2.88. The van der Waals surface area contributed by atoms with Crippen LogP contribution in [0.25, 0.3) is 0 Å². The molecule has 0 bridgehead atoms. The topological polar surface area (TPSA) is 55.6 Å². The Morgan fingerprint density at radius 2 is 2.38 bits per heavy atom. The zero-order valence-corrected chi connectivity index (χ0v) is 10.5. The Balaban J connectivity index is 2.05. The van der Waals surface area contributed by atoms with Gasteiger partial charge in [0, 0.05) is 18.9 Å². The number of rotatable bonds is 4. The first-order valence-electron chi connectivity index (χ1n) is 5.01. The van der Waals surface area contributed by atoms with Gasteiger partial charge in [-0.15, -0.1) is 10.2 Å². The van der Waals surface area contributed by atoms with Crippen molar-refractivity contribution < 1.29 is 0 Å². The van der Waals surface area contributed by atoms with E-state index >= 15 is 0 Å². The highest BCUT2D eigenvalue weighted by atomic mass is 79.9. The van der Waals surface area contributed by atoms with Crippen LogP contribution in [-0.4, -0.2) is 19.7 Å². The summed E-state index contributed by atoms with van der Waals surface area (Å²) in [7, 11) is 0. The SMILES string of the molecule is CCn1cnnc1CNc1ccncc1Br. The average Bonchev–Trinajstić information content (AvgIpc) is 2.75. The second kappa shape index (κ2) is 5.07. The minimum Gasteiger partial charge on any atom is -0.377 e. The van der Waals surface area contributed by atoms with Crippen LogP contribution in [0, 0.1) is 0 Å². The highest BCUT2D eigenvalue weighted by Crippen LogP contribution is 2.20. The summed E-state index contributed by atoms with van der Waals surface area (Å²) in [4.78, 5) is 4.00. The van der Waals surface area contributed by atoms with Gasteiger partial charge < -0.3 is 9.88 Å². The molecule has 0 aliphatic carbocycles. The van der Waals surface area contributed by atoms with Crippen molar-refractivity contribution in [2.24, 2.45) is 0 Å². The van der Waals surface area contributed by atoms with E-state index in [-0.39, 0.29) is 0 Å². The van der Waals surface area contributed by atoms with Crippen molar-refractivity contribution in [1.82, 2.24) is 19.7 Å². The van der Waals surface area contributed by atoms with Gasteiger partial charge in [-0.05, 0) is 28.9 Å². The van der Waals surface area contributed by atoms with Crippen molar-refractivity contribution in [3.05, 3.63) is 35.1 Å². The Morgan fingerprint density at radius 3 is 3.12 bits per heavy atom. The summed E-state index contributed by atoms with van der Waals surface area (Å²) in [5.41, 5.74) is 1.00. The quantitative estimate of drug-likeness (QED) is 0.932. The lowest BCUT2D eigenvalue weighted by Gasteiger charge is -2.07. The van der Waals surface area contributed by atoms with Crippen LogP contribution in [0.4, 0.5) is 5.69 Å². The summed E-state index contributed by atoms with van der Waals surface area (Å²) in [6.45, 7) is 3.59. The Hall–Kier alpha value is -1.43. The van der Waals surface area contributed by atoms with Gasteiger partial charge in [0.05, 0.1) is 16.7 Å². The molecule has 6 heteroatoms.